The van der Waals surface area contributed by atoms with Gasteiger partial charge in [0.25, 0.3) is 0 Å². The van der Waals surface area contributed by atoms with E-state index >= 15 is 0 Å². The number of carbonyl (C=O) groups excluding carboxylic acids is 1. The highest BCUT2D eigenvalue weighted by Crippen LogP contribution is 2.37. The molecule has 0 aliphatic carbocycles. The molecule has 1 amide bonds. The van der Waals surface area contributed by atoms with Crippen LogP contribution in [0.4, 0.5) is 0 Å². The van der Waals surface area contributed by atoms with Gasteiger partial charge >= 0.3 is 0 Å². The van der Waals surface area contributed by atoms with Gasteiger partial charge in [-0.25, -0.2) is 0 Å². The zero-order chi connectivity index (χ0) is 9.73. The molecular weight excluding hydrogens is 182 g/mol. The summed E-state index contributed by atoms with van der Waals surface area (Å²) in [4.78, 5) is 11.7. The van der Waals surface area contributed by atoms with Crippen molar-refractivity contribution in [3.05, 3.63) is 12.7 Å². The van der Waals surface area contributed by atoms with Crippen LogP contribution in [0.25, 0.3) is 0 Å². The van der Waals surface area contributed by atoms with Crippen LogP contribution in [0.5, 0.6) is 0 Å². The van der Waals surface area contributed by atoms with Gasteiger partial charge in [0.1, 0.15) is 0 Å². The Labute approximate surface area is 84.2 Å². The molecule has 0 radical (unpaired) electrons. The molecule has 0 bridgehead atoms. The summed E-state index contributed by atoms with van der Waals surface area (Å²) in [6, 6.07) is 0. The predicted molar refractivity (Wildman–Crippen MR) is 57.9 cm³/mol. The van der Waals surface area contributed by atoms with E-state index in [1.165, 1.54) is 0 Å². The number of nitrogens with one attached hydrogen (secondary N) is 1. The summed E-state index contributed by atoms with van der Waals surface area (Å²) in [6.07, 6.45) is 4.85. The first kappa shape index (κ1) is 10.6. The van der Waals surface area contributed by atoms with Gasteiger partial charge in [-0.2, -0.15) is 0 Å². The summed E-state index contributed by atoms with van der Waals surface area (Å²) < 4.78 is -0.166. The number of hydrogen-bond donors (Lipinski definition) is 1. The van der Waals surface area contributed by atoms with Crippen LogP contribution in [0, 0.1) is 0 Å². The van der Waals surface area contributed by atoms with Gasteiger partial charge in [0.2, 0.25) is 5.91 Å². The van der Waals surface area contributed by atoms with Crippen molar-refractivity contribution in [1.29, 1.82) is 0 Å². The molecule has 0 aromatic rings. The second-order valence-electron chi connectivity index (χ2n) is 3.52. The number of rotatable bonds is 4. The molecule has 1 fully saturated rings. The molecule has 1 aliphatic heterocycles. The van der Waals surface area contributed by atoms with Crippen molar-refractivity contribution in [1.82, 2.24) is 5.32 Å². The fourth-order valence-electron chi connectivity index (χ4n) is 1.43. The quantitative estimate of drug-likeness (QED) is 0.554. The van der Waals surface area contributed by atoms with Crippen molar-refractivity contribution < 1.29 is 4.79 Å². The van der Waals surface area contributed by atoms with Crippen molar-refractivity contribution in [2.75, 3.05) is 12.3 Å². The third-order valence-corrected chi connectivity index (χ3v) is 3.85. The summed E-state index contributed by atoms with van der Waals surface area (Å²) in [5.74, 6) is 1.31. The van der Waals surface area contributed by atoms with Crippen LogP contribution >= 0.6 is 11.8 Å². The number of carbonyl (C=O) groups is 1. The molecule has 2 nitrogen and oxygen atoms in total. The minimum absolute atomic E-state index is 0.166. The van der Waals surface area contributed by atoms with Gasteiger partial charge in [-0.1, -0.05) is 6.08 Å². The van der Waals surface area contributed by atoms with Crippen LogP contribution in [0.3, 0.4) is 0 Å². The second kappa shape index (κ2) is 4.70. The van der Waals surface area contributed by atoms with E-state index in [2.05, 4.69) is 11.9 Å². The molecule has 1 N–H and O–H groups in total. The minimum atomic E-state index is -0.166. The molecule has 0 saturated carbocycles. The maximum Gasteiger partial charge on any atom is 0.235 e. The van der Waals surface area contributed by atoms with E-state index in [0.717, 1.165) is 31.6 Å². The van der Waals surface area contributed by atoms with Gasteiger partial charge in [0.15, 0.2) is 0 Å². The Morgan fingerprint density at radius 2 is 2.54 bits per heavy atom. The normalized spacial score (nSPS) is 27.2. The van der Waals surface area contributed by atoms with Crippen LogP contribution in [0.1, 0.15) is 26.2 Å². The fourth-order valence-corrected chi connectivity index (χ4v) is 2.66. The van der Waals surface area contributed by atoms with Crippen molar-refractivity contribution >= 4 is 17.7 Å². The van der Waals surface area contributed by atoms with E-state index in [4.69, 9.17) is 0 Å². The summed E-state index contributed by atoms with van der Waals surface area (Å²) in [6.45, 7) is 6.37. The van der Waals surface area contributed by atoms with Crippen LogP contribution < -0.4 is 5.32 Å². The molecule has 74 valence electrons. The highest BCUT2D eigenvalue weighted by molar-refractivity contribution is 8.01. The topological polar surface area (TPSA) is 29.1 Å². The first-order valence-electron chi connectivity index (χ1n) is 4.72. The summed E-state index contributed by atoms with van der Waals surface area (Å²) in [7, 11) is 0. The second-order valence-corrected chi connectivity index (χ2v) is 5.11. The maximum absolute atomic E-state index is 11.7. The molecule has 3 heteroatoms. The molecule has 0 aromatic heterocycles. The minimum Gasteiger partial charge on any atom is -0.355 e. The van der Waals surface area contributed by atoms with Gasteiger partial charge in [0.05, 0.1) is 4.75 Å². The average Bonchev–Trinajstić information content (AvgIpc) is 2.54. The van der Waals surface area contributed by atoms with Crippen molar-refractivity contribution in [2.45, 2.75) is 30.9 Å². The van der Waals surface area contributed by atoms with Gasteiger partial charge in [-0.05, 0) is 31.9 Å². The molecule has 13 heavy (non-hydrogen) atoms. The van der Waals surface area contributed by atoms with Gasteiger partial charge in [0, 0.05) is 6.54 Å². The van der Waals surface area contributed by atoms with Crippen LogP contribution in [-0.4, -0.2) is 23.0 Å². The third kappa shape index (κ3) is 2.76. The highest BCUT2D eigenvalue weighted by atomic mass is 32.2. The number of thioether (sulfide) groups is 1. The van der Waals surface area contributed by atoms with Crippen molar-refractivity contribution in [3.63, 3.8) is 0 Å². The summed E-state index contributed by atoms with van der Waals surface area (Å²) >= 11 is 1.77. The van der Waals surface area contributed by atoms with E-state index < -0.39 is 0 Å². The van der Waals surface area contributed by atoms with Crippen LogP contribution in [0.2, 0.25) is 0 Å². The molecule has 1 aliphatic rings. The molecule has 0 spiro atoms. The Morgan fingerprint density at radius 3 is 3.08 bits per heavy atom. The zero-order valence-corrected chi connectivity index (χ0v) is 8.95. The van der Waals surface area contributed by atoms with E-state index in [9.17, 15) is 4.79 Å². The van der Waals surface area contributed by atoms with E-state index in [1.54, 1.807) is 11.8 Å². The number of hydrogen-bond acceptors (Lipinski definition) is 2. The van der Waals surface area contributed by atoms with Gasteiger partial charge < -0.3 is 5.32 Å². The summed E-state index contributed by atoms with van der Waals surface area (Å²) in [5, 5.41) is 2.94. The fraction of sp³-hybridized carbons (Fsp3) is 0.700. The Morgan fingerprint density at radius 1 is 1.77 bits per heavy atom. The van der Waals surface area contributed by atoms with Gasteiger partial charge in [-0.3, -0.25) is 4.79 Å². The molecule has 1 saturated heterocycles. The van der Waals surface area contributed by atoms with E-state index in [-0.39, 0.29) is 10.7 Å². The standard InChI is InChI=1S/C10H17NOS/c1-3-4-7-11-9(12)10(2)6-5-8-13-10/h3H,1,4-8H2,2H3,(H,11,12). The maximum atomic E-state index is 11.7. The van der Waals surface area contributed by atoms with Crippen LogP contribution in [-0.2, 0) is 4.79 Å². The van der Waals surface area contributed by atoms with Gasteiger partial charge in [-0.15, -0.1) is 18.3 Å². The lowest BCUT2D eigenvalue weighted by Gasteiger charge is -2.21. The molecule has 1 atom stereocenters. The third-order valence-electron chi connectivity index (χ3n) is 2.33. The number of amides is 1. The SMILES string of the molecule is C=CCCNC(=O)C1(C)CCCS1. The Kier molecular flexibility index (Phi) is 3.85. The van der Waals surface area contributed by atoms with Crippen molar-refractivity contribution in [2.24, 2.45) is 0 Å². The Balaban J connectivity index is 2.33. The molecular formula is C10H17NOS. The van der Waals surface area contributed by atoms with E-state index in [1.807, 2.05) is 13.0 Å². The summed E-state index contributed by atoms with van der Waals surface area (Å²) in [5.41, 5.74) is 0. The predicted octanol–water partition coefficient (Wildman–Crippen LogP) is 1.96. The van der Waals surface area contributed by atoms with E-state index in [0.29, 0.717) is 0 Å². The van der Waals surface area contributed by atoms with Crippen LogP contribution in [0.15, 0.2) is 12.7 Å². The molecule has 1 unspecified atom stereocenters. The first-order chi connectivity index (χ1) is 6.19. The average molecular weight is 199 g/mol. The lowest BCUT2D eigenvalue weighted by Crippen LogP contribution is -2.40. The smallest absolute Gasteiger partial charge is 0.235 e. The first-order valence-corrected chi connectivity index (χ1v) is 5.71. The lowest BCUT2D eigenvalue weighted by molar-refractivity contribution is -0.123. The molecule has 1 rings (SSSR count). The largest absolute Gasteiger partial charge is 0.355 e. The van der Waals surface area contributed by atoms with Crippen molar-refractivity contribution in [3.8, 4) is 0 Å². The lowest BCUT2D eigenvalue weighted by atomic mass is 10.1. The Hall–Kier alpha value is -0.440. The molecule has 1 heterocycles. The Bertz CT molecular complexity index is 197. The zero-order valence-electron chi connectivity index (χ0n) is 8.14. The highest BCUT2D eigenvalue weighted by Gasteiger charge is 2.36. The monoisotopic (exact) mass is 199 g/mol. The molecule has 0 aromatic carbocycles.